The van der Waals surface area contributed by atoms with Crippen LogP contribution < -0.4 is 4.90 Å². The van der Waals surface area contributed by atoms with Crippen LogP contribution in [-0.4, -0.2) is 85.0 Å². The maximum absolute atomic E-state index is 13.0. The van der Waals surface area contributed by atoms with E-state index in [9.17, 15) is 4.79 Å². The van der Waals surface area contributed by atoms with Crippen LogP contribution in [0.4, 0.5) is 5.69 Å². The maximum atomic E-state index is 13.0. The molecule has 2 bridgehead atoms. The molecule has 4 rings (SSSR count). The molecule has 2 atom stereocenters. The molecule has 1 amide bonds. The van der Waals surface area contributed by atoms with Gasteiger partial charge < -0.3 is 9.80 Å². The zero-order chi connectivity index (χ0) is 22.1. The Hall–Kier alpha value is -1.56. The van der Waals surface area contributed by atoms with Gasteiger partial charge in [-0.25, -0.2) is 0 Å². The fraction of sp³-hybridized carbons (Fsp3) is 0.640. The molecule has 0 N–H and O–H groups in total. The summed E-state index contributed by atoms with van der Waals surface area (Å²) in [5.41, 5.74) is 3.48. The predicted molar refractivity (Wildman–Crippen MR) is 130 cm³/mol. The molecule has 3 heterocycles. The van der Waals surface area contributed by atoms with Gasteiger partial charge in [-0.2, -0.15) is 0 Å². The van der Waals surface area contributed by atoms with Crippen molar-refractivity contribution in [2.45, 2.75) is 57.7 Å². The number of carbonyl (C=O) groups excluding carboxylic acids is 1. The van der Waals surface area contributed by atoms with E-state index in [-0.39, 0.29) is 5.91 Å². The Balaban J connectivity index is 1.48. The Labute approximate surface area is 192 Å². The van der Waals surface area contributed by atoms with Crippen molar-refractivity contribution >= 4 is 28.8 Å². The number of hydrogen-bond donors (Lipinski definition) is 0. The predicted octanol–water partition coefficient (Wildman–Crippen LogP) is 3.97. The monoisotopic (exact) mass is 444 g/mol. The summed E-state index contributed by atoms with van der Waals surface area (Å²) >= 11 is 6.39. The van der Waals surface area contributed by atoms with Crippen LogP contribution in [-0.2, 0) is 4.79 Å². The van der Waals surface area contributed by atoms with Crippen molar-refractivity contribution in [2.24, 2.45) is 0 Å². The van der Waals surface area contributed by atoms with Crippen molar-refractivity contribution in [1.82, 2.24) is 14.7 Å². The standard InChI is InChI=1S/C25H37ClN4O/c1-18(2)28-13-15-30(16-14-28)25(31)10-12-29-11-9-21-6-8-23(27(21)4)19(3)22-17-20(26)5-7-24(22)29/h5,7,17-18,21,23H,3,6,8-16H2,1-2,4H3. The van der Waals surface area contributed by atoms with Crippen LogP contribution in [0.5, 0.6) is 0 Å². The van der Waals surface area contributed by atoms with E-state index in [1.807, 2.05) is 11.0 Å². The summed E-state index contributed by atoms with van der Waals surface area (Å²) in [4.78, 5) is 22.4. The third-order valence-electron chi connectivity index (χ3n) is 7.61. The van der Waals surface area contributed by atoms with Crippen LogP contribution in [0.15, 0.2) is 24.8 Å². The van der Waals surface area contributed by atoms with Crippen molar-refractivity contribution in [3.05, 3.63) is 35.4 Å². The second-order valence-corrected chi connectivity index (χ2v) is 10.1. The van der Waals surface area contributed by atoms with Crippen LogP contribution in [0, 0.1) is 0 Å². The van der Waals surface area contributed by atoms with Crippen LogP contribution in [0.1, 0.15) is 45.1 Å². The average molecular weight is 445 g/mol. The van der Waals surface area contributed by atoms with E-state index in [0.717, 1.165) is 68.3 Å². The molecule has 0 aliphatic carbocycles. The minimum Gasteiger partial charge on any atom is -0.370 e. The fourth-order valence-corrected chi connectivity index (χ4v) is 5.71. The molecular formula is C25H37ClN4O. The summed E-state index contributed by atoms with van der Waals surface area (Å²) < 4.78 is 0. The van der Waals surface area contributed by atoms with Crippen molar-refractivity contribution in [3.63, 3.8) is 0 Å². The summed E-state index contributed by atoms with van der Waals surface area (Å²) in [5.74, 6) is 0.274. The molecule has 1 aromatic carbocycles. The number of nitrogens with zero attached hydrogens (tertiary/aromatic N) is 4. The highest BCUT2D eigenvalue weighted by Crippen LogP contribution is 2.39. The molecule has 6 heteroatoms. The highest BCUT2D eigenvalue weighted by Gasteiger charge is 2.35. The number of fused-ring (bicyclic) bond motifs is 3. The van der Waals surface area contributed by atoms with E-state index in [0.29, 0.717) is 24.5 Å². The van der Waals surface area contributed by atoms with Crippen LogP contribution in [0.25, 0.3) is 5.57 Å². The van der Waals surface area contributed by atoms with E-state index in [1.54, 1.807) is 0 Å². The third kappa shape index (κ3) is 4.79. The van der Waals surface area contributed by atoms with Crippen LogP contribution in [0.3, 0.4) is 0 Å². The molecule has 0 spiro atoms. The Morgan fingerprint density at radius 2 is 1.87 bits per heavy atom. The molecule has 31 heavy (non-hydrogen) atoms. The van der Waals surface area contributed by atoms with Gasteiger partial charge in [0.25, 0.3) is 0 Å². The lowest BCUT2D eigenvalue weighted by molar-refractivity contribution is -0.133. The summed E-state index contributed by atoms with van der Waals surface area (Å²) in [5, 5.41) is 0.746. The molecule has 0 radical (unpaired) electrons. The Kier molecular flexibility index (Phi) is 6.95. The number of rotatable bonds is 4. The third-order valence-corrected chi connectivity index (χ3v) is 7.85. The molecule has 5 nitrogen and oxygen atoms in total. The lowest BCUT2D eigenvalue weighted by Crippen LogP contribution is -2.51. The second-order valence-electron chi connectivity index (χ2n) is 9.64. The normalized spacial score (nSPS) is 25.4. The molecule has 2 saturated heterocycles. The number of likely N-dealkylation sites (N-methyl/N-ethyl adjacent to an activating group) is 1. The van der Waals surface area contributed by atoms with Gasteiger partial charge in [0.05, 0.1) is 0 Å². The Morgan fingerprint density at radius 1 is 1.13 bits per heavy atom. The SMILES string of the molecule is C=C1c2cc(Cl)ccc2N(CCC(=O)N2CCN(C(C)C)CC2)CCC2CCC1N2C. The molecular weight excluding hydrogens is 408 g/mol. The van der Waals surface area contributed by atoms with Gasteiger partial charge in [-0.3, -0.25) is 14.6 Å². The van der Waals surface area contributed by atoms with E-state index < -0.39 is 0 Å². The fourth-order valence-electron chi connectivity index (χ4n) is 5.53. The Bertz CT molecular complexity index is 818. The molecule has 1 aromatic rings. The number of hydrogen-bond acceptors (Lipinski definition) is 4. The van der Waals surface area contributed by atoms with Gasteiger partial charge in [-0.1, -0.05) is 18.2 Å². The van der Waals surface area contributed by atoms with Gasteiger partial charge in [-0.15, -0.1) is 0 Å². The van der Waals surface area contributed by atoms with Gasteiger partial charge in [-0.05, 0) is 63.9 Å². The van der Waals surface area contributed by atoms with Gasteiger partial charge in [0.15, 0.2) is 0 Å². The first-order valence-corrected chi connectivity index (χ1v) is 12.2. The summed E-state index contributed by atoms with van der Waals surface area (Å²) in [7, 11) is 2.23. The second kappa shape index (κ2) is 9.51. The number of halogens is 1. The smallest absolute Gasteiger partial charge is 0.224 e. The summed E-state index contributed by atoms with van der Waals surface area (Å²) in [6.07, 6.45) is 4.04. The van der Waals surface area contributed by atoms with Crippen molar-refractivity contribution < 1.29 is 4.79 Å². The van der Waals surface area contributed by atoms with Crippen molar-refractivity contribution in [1.29, 1.82) is 0 Å². The van der Waals surface area contributed by atoms with Crippen molar-refractivity contribution in [2.75, 3.05) is 51.2 Å². The van der Waals surface area contributed by atoms with Gasteiger partial charge >= 0.3 is 0 Å². The zero-order valence-corrected chi connectivity index (χ0v) is 20.1. The topological polar surface area (TPSA) is 30.0 Å². The molecule has 170 valence electrons. The number of benzene rings is 1. The first-order chi connectivity index (χ1) is 14.8. The Morgan fingerprint density at radius 3 is 2.58 bits per heavy atom. The van der Waals surface area contributed by atoms with Crippen LogP contribution >= 0.6 is 11.6 Å². The summed E-state index contributed by atoms with van der Waals surface area (Å²) in [6.45, 7) is 14.3. The quantitative estimate of drug-likeness (QED) is 0.702. The number of carbonyl (C=O) groups is 1. The first kappa shape index (κ1) is 22.6. The average Bonchev–Trinajstić information content (AvgIpc) is 3.14. The van der Waals surface area contributed by atoms with Gasteiger partial charge in [0.1, 0.15) is 0 Å². The lowest BCUT2D eigenvalue weighted by Gasteiger charge is -2.37. The first-order valence-electron chi connectivity index (χ1n) is 11.8. The van der Waals surface area contributed by atoms with Crippen LogP contribution in [0.2, 0.25) is 5.02 Å². The minimum atomic E-state index is 0.274. The number of anilines is 1. The van der Waals surface area contributed by atoms with E-state index in [4.69, 9.17) is 11.6 Å². The molecule has 2 fully saturated rings. The highest BCUT2D eigenvalue weighted by molar-refractivity contribution is 6.30. The molecule has 3 aliphatic rings. The molecule has 0 saturated carbocycles. The molecule has 3 aliphatic heterocycles. The minimum absolute atomic E-state index is 0.274. The largest absolute Gasteiger partial charge is 0.370 e. The zero-order valence-electron chi connectivity index (χ0n) is 19.3. The molecule has 0 aromatic heterocycles. The van der Waals surface area contributed by atoms with Gasteiger partial charge in [0, 0.05) is 80.1 Å². The maximum Gasteiger partial charge on any atom is 0.224 e. The van der Waals surface area contributed by atoms with Crippen molar-refractivity contribution in [3.8, 4) is 0 Å². The van der Waals surface area contributed by atoms with E-state index >= 15 is 0 Å². The van der Waals surface area contributed by atoms with Gasteiger partial charge in [0.2, 0.25) is 5.91 Å². The van der Waals surface area contributed by atoms with E-state index in [2.05, 4.69) is 54.3 Å². The summed E-state index contributed by atoms with van der Waals surface area (Å²) in [6, 6.07) is 7.65. The number of amides is 1. The molecule has 2 unspecified atom stereocenters. The van der Waals surface area contributed by atoms with E-state index in [1.165, 1.54) is 12.1 Å². The number of piperazine rings is 1. The highest BCUT2D eigenvalue weighted by atomic mass is 35.5. The lowest BCUT2D eigenvalue weighted by atomic mass is 9.95.